The Labute approximate surface area is 83.5 Å². The molecule has 1 aliphatic rings. The van der Waals surface area contributed by atoms with Gasteiger partial charge in [-0.3, -0.25) is 4.57 Å². The van der Waals surface area contributed by atoms with Gasteiger partial charge in [0.25, 0.3) is 7.37 Å². The van der Waals surface area contributed by atoms with Crippen LogP contribution in [0.4, 0.5) is 0 Å². The zero-order valence-electron chi connectivity index (χ0n) is 8.27. The minimum absolute atomic E-state index is 0.00384. The highest BCUT2D eigenvalue weighted by atomic mass is 31.2. The number of ether oxygens (including phenoxy) is 1. The third-order valence-electron chi connectivity index (χ3n) is 2.29. The fourth-order valence-electron chi connectivity index (χ4n) is 1.25. The third-order valence-corrected chi connectivity index (χ3v) is 4.86. The average Bonchev–Trinajstić information content (AvgIpc) is 2.17. The molecule has 0 bridgehead atoms. The Morgan fingerprint density at radius 3 is 2.57 bits per heavy atom. The van der Waals surface area contributed by atoms with Crippen molar-refractivity contribution in [2.45, 2.75) is 19.5 Å². The Kier molecular flexibility index (Phi) is 2.28. The van der Waals surface area contributed by atoms with Crippen molar-refractivity contribution in [3.63, 3.8) is 0 Å². The zero-order valence-corrected chi connectivity index (χ0v) is 9.16. The summed E-state index contributed by atoms with van der Waals surface area (Å²) in [6, 6.07) is 7.31. The maximum Gasteiger partial charge on any atom is 0.286 e. The molecule has 0 radical (unpaired) electrons. The van der Waals surface area contributed by atoms with Crippen molar-refractivity contribution >= 4 is 7.37 Å². The van der Waals surface area contributed by atoms with Gasteiger partial charge in [0.2, 0.25) is 0 Å². The predicted molar refractivity (Wildman–Crippen MR) is 55.3 cm³/mol. The molecule has 1 heterocycles. The second-order valence-corrected chi connectivity index (χ2v) is 6.56. The van der Waals surface area contributed by atoms with Gasteiger partial charge in [0.15, 0.2) is 17.8 Å². The summed E-state index contributed by atoms with van der Waals surface area (Å²) in [6.07, 6.45) is 0.182. The molecule has 3 nitrogen and oxygen atoms in total. The van der Waals surface area contributed by atoms with Gasteiger partial charge in [0.1, 0.15) is 0 Å². The molecule has 0 saturated carbocycles. The molecular weight excluding hydrogens is 199 g/mol. The summed E-state index contributed by atoms with van der Waals surface area (Å²) in [7, 11) is -2.64. The number of fused-ring (bicyclic) bond motifs is 1. The lowest BCUT2D eigenvalue weighted by atomic mass is 10.3. The lowest BCUT2D eigenvalue weighted by Gasteiger charge is -2.28. The number of hydrogen-bond acceptors (Lipinski definition) is 3. The molecule has 4 heteroatoms. The Morgan fingerprint density at radius 2 is 1.93 bits per heavy atom. The van der Waals surface area contributed by atoms with Crippen LogP contribution >= 0.6 is 7.37 Å². The molecule has 0 fully saturated rings. The lowest BCUT2D eigenvalue weighted by molar-refractivity contribution is 0.310. The van der Waals surface area contributed by atoms with Gasteiger partial charge in [-0.15, -0.1) is 0 Å². The van der Waals surface area contributed by atoms with E-state index in [4.69, 9.17) is 9.26 Å². The van der Waals surface area contributed by atoms with E-state index in [0.29, 0.717) is 11.5 Å². The molecule has 0 aliphatic carbocycles. The minimum atomic E-state index is -2.64. The largest absolute Gasteiger partial charge is 0.478 e. The number of benzene rings is 1. The van der Waals surface area contributed by atoms with Gasteiger partial charge >= 0.3 is 0 Å². The molecule has 1 unspecified atom stereocenters. The summed E-state index contributed by atoms with van der Waals surface area (Å²) in [4.78, 5) is 0. The molecule has 0 saturated heterocycles. The van der Waals surface area contributed by atoms with Crippen LogP contribution in [0.1, 0.15) is 13.8 Å². The number of para-hydroxylation sites is 2. The van der Waals surface area contributed by atoms with E-state index in [0.717, 1.165) is 0 Å². The molecule has 2 rings (SSSR count). The summed E-state index contributed by atoms with van der Waals surface area (Å²) in [5, 5.41) is 0. The smallest absolute Gasteiger partial charge is 0.286 e. The van der Waals surface area contributed by atoms with E-state index in [1.54, 1.807) is 6.07 Å². The second-order valence-electron chi connectivity index (χ2n) is 3.63. The van der Waals surface area contributed by atoms with Gasteiger partial charge in [-0.1, -0.05) is 26.0 Å². The first-order valence-corrected chi connectivity index (χ1v) is 6.50. The van der Waals surface area contributed by atoms with Gasteiger partial charge in [0.05, 0.1) is 0 Å². The van der Waals surface area contributed by atoms with Crippen molar-refractivity contribution in [1.82, 2.24) is 0 Å². The first-order valence-electron chi connectivity index (χ1n) is 4.62. The van der Waals surface area contributed by atoms with E-state index in [9.17, 15) is 4.57 Å². The Balaban J connectivity index is 2.34. The van der Waals surface area contributed by atoms with Crippen LogP contribution in [0.2, 0.25) is 0 Å². The van der Waals surface area contributed by atoms with Crippen molar-refractivity contribution in [2.75, 3.05) is 6.35 Å². The standard InChI is InChI=1S/C10H13O3P/c1-8(2)14(11)7-12-9-5-3-4-6-10(9)13-14/h3-6,8H,7H2,1-2H3. The van der Waals surface area contributed by atoms with E-state index in [1.165, 1.54) is 0 Å². The molecule has 1 aliphatic heterocycles. The molecule has 0 spiro atoms. The first-order chi connectivity index (χ1) is 6.62. The van der Waals surface area contributed by atoms with Crippen LogP contribution < -0.4 is 9.26 Å². The van der Waals surface area contributed by atoms with Gasteiger partial charge in [-0.05, 0) is 12.1 Å². The molecule has 1 aromatic carbocycles. The number of hydrogen-bond donors (Lipinski definition) is 0. The Bertz CT molecular complexity index is 387. The summed E-state index contributed by atoms with van der Waals surface area (Å²) >= 11 is 0. The van der Waals surface area contributed by atoms with Gasteiger partial charge in [-0.2, -0.15) is 0 Å². The summed E-state index contributed by atoms with van der Waals surface area (Å²) < 4.78 is 23.1. The van der Waals surface area contributed by atoms with Crippen molar-refractivity contribution in [3.05, 3.63) is 24.3 Å². The van der Waals surface area contributed by atoms with Crippen molar-refractivity contribution in [3.8, 4) is 11.5 Å². The predicted octanol–water partition coefficient (Wildman–Crippen LogP) is 3.10. The Hall–Kier alpha value is -0.950. The zero-order chi connectivity index (χ0) is 10.2. The molecular formula is C10H13O3P. The van der Waals surface area contributed by atoms with Gasteiger partial charge in [0, 0.05) is 5.66 Å². The van der Waals surface area contributed by atoms with Crippen LogP contribution in [0.3, 0.4) is 0 Å². The monoisotopic (exact) mass is 212 g/mol. The van der Waals surface area contributed by atoms with Crippen molar-refractivity contribution in [1.29, 1.82) is 0 Å². The highest BCUT2D eigenvalue weighted by Crippen LogP contribution is 2.56. The van der Waals surface area contributed by atoms with Crippen LogP contribution in [0.15, 0.2) is 24.3 Å². The van der Waals surface area contributed by atoms with Crippen LogP contribution in [0.25, 0.3) is 0 Å². The molecule has 14 heavy (non-hydrogen) atoms. The van der Waals surface area contributed by atoms with E-state index in [2.05, 4.69) is 0 Å². The topological polar surface area (TPSA) is 35.5 Å². The maximum atomic E-state index is 12.1. The van der Waals surface area contributed by atoms with Gasteiger partial charge in [-0.25, -0.2) is 0 Å². The summed E-state index contributed by atoms with van der Waals surface area (Å²) in [6.45, 7) is 3.77. The van der Waals surface area contributed by atoms with E-state index < -0.39 is 7.37 Å². The third kappa shape index (κ3) is 1.53. The van der Waals surface area contributed by atoms with Crippen LogP contribution in [0.5, 0.6) is 11.5 Å². The normalized spacial score (nSPS) is 25.1. The fourth-order valence-corrected chi connectivity index (χ4v) is 2.62. The fraction of sp³-hybridized carbons (Fsp3) is 0.400. The lowest BCUT2D eigenvalue weighted by Crippen LogP contribution is -2.16. The molecule has 0 N–H and O–H groups in total. The molecule has 0 amide bonds. The van der Waals surface area contributed by atoms with E-state index in [-0.39, 0.29) is 12.0 Å². The SMILES string of the molecule is CC(C)P1(=O)COc2ccccc2O1. The van der Waals surface area contributed by atoms with E-state index in [1.807, 2.05) is 32.0 Å². The van der Waals surface area contributed by atoms with Crippen LogP contribution in [-0.2, 0) is 4.57 Å². The quantitative estimate of drug-likeness (QED) is 0.671. The van der Waals surface area contributed by atoms with Crippen LogP contribution in [-0.4, -0.2) is 12.0 Å². The summed E-state index contributed by atoms with van der Waals surface area (Å²) in [5.74, 6) is 1.27. The minimum Gasteiger partial charge on any atom is -0.478 e. The average molecular weight is 212 g/mol. The highest BCUT2D eigenvalue weighted by molar-refractivity contribution is 7.60. The van der Waals surface area contributed by atoms with E-state index >= 15 is 0 Å². The molecule has 76 valence electrons. The Morgan fingerprint density at radius 1 is 1.29 bits per heavy atom. The van der Waals surface area contributed by atoms with Crippen molar-refractivity contribution in [2.24, 2.45) is 0 Å². The highest BCUT2D eigenvalue weighted by Gasteiger charge is 2.34. The second kappa shape index (κ2) is 3.32. The summed E-state index contributed by atoms with van der Waals surface area (Å²) in [5.41, 5.74) is -0.00384. The molecule has 1 aromatic rings. The number of rotatable bonds is 1. The maximum absolute atomic E-state index is 12.1. The van der Waals surface area contributed by atoms with Crippen LogP contribution in [0, 0.1) is 0 Å². The molecule has 0 aromatic heterocycles. The van der Waals surface area contributed by atoms with Gasteiger partial charge < -0.3 is 9.26 Å². The first kappa shape index (κ1) is 9.60. The molecule has 1 atom stereocenters. The van der Waals surface area contributed by atoms with Crippen molar-refractivity contribution < 1.29 is 13.8 Å².